The van der Waals surface area contributed by atoms with Gasteiger partial charge in [-0.05, 0) is 26.7 Å². The van der Waals surface area contributed by atoms with Gasteiger partial charge in [0, 0.05) is 11.5 Å². The number of carbonyl (C=O) groups is 3. The van der Waals surface area contributed by atoms with Crippen molar-refractivity contribution in [2.24, 2.45) is 17.6 Å². The molecular formula is C19H34N2O4. The van der Waals surface area contributed by atoms with Crippen LogP contribution < -0.4 is 11.1 Å². The summed E-state index contributed by atoms with van der Waals surface area (Å²) in [5.41, 5.74) is 4.50. The van der Waals surface area contributed by atoms with E-state index >= 15 is 0 Å². The van der Waals surface area contributed by atoms with Gasteiger partial charge in [0.25, 0.3) is 0 Å². The van der Waals surface area contributed by atoms with Gasteiger partial charge in [0.1, 0.15) is 0 Å². The molecule has 0 aromatic heterocycles. The van der Waals surface area contributed by atoms with E-state index in [1.807, 2.05) is 20.8 Å². The van der Waals surface area contributed by atoms with E-state index in [2.05, 4.69) is 12.2 Å². The Kier molecular flexibility index (Phi) is 7.60. The normalized spacial score (nSPS) is 22.8. The maximum Gasteiger partial charge on any atom is 0.307 e. The summed E-state index contributed by atoms with van der Waals surface area (Å²) >= 11 is 0. The van der Waals surface area contributed by atoms with Crippen LogP contribution in [0.4, 0.5) is 0 Å². The molecule has 1 rings (SSSR count). The highest BCUT2D eigenvalue weighted by molar-refractivity contribution is 5.99. The zero-order chi connectivity index (χ0) is 19.3. The van der Waals surface area contributed by atoms with Crippen LogP contribution in [0.3, 0.4) is 0 Å². The fourth-order valence-electron chi connectivity index (χ4n) is 3.65. The molecule has 0 radical (unpaired) electrons. The van der Waals surface area contributed by atoms with Crippen molar-refractivity contribution >= 4 is 17.7 Å². The Morgan fingerprint density at radius 1 is 1.36 bits per heavy atom. The van der Waals surface area contributed by atoms with Gasteiger partial charge < -0.3 is 15.8 Å². The Labute approximate surface area is 151 Å². The van der Waals surface area contributed by atoms with Crippen LogP contribution in [0.25, 0.3) is 0 Å². The molecule has 3 N–H and O–H groups in total. The number of nitrogens with one attached hydrogen (secondary N) is 1. The van der Waals surface area contributed by atoms with E-state index in [1.165, 1.54) is 7.11 Å². The Bertz CT molecular complexity index is 504. The molecule has 1 aliphatic rings. The highest BCUT2D eigenvalue weighted by Gasteiger charge is 2.53. The standard InChI is InChI=1S/C19H34N2O4/c1-6-7-8-9-10-13(2)16(23)19(20,12-15(22)25-5)14-11-18(3,4)21-17(14)24/h13-14H,6-12,20H2,1-5H3,(H,21,24)/t13?,14-,19?/m0/s1. The molecule has 0 aromatic carbocycles. The number of carbonyl (C=O) groups excluding carboxylic acids is 3. The smallest absolute Gasteiger partial charge is 0.307 e. The van der Waals surface area contributed by atoms with Gasteiger partial charge in [0.2, 0.25) is 5.91 Å². The summed E-state index contributed by atoms with van der Waals surface area (Å²) in [6.07, 6.45) is 5.15. The number of nitrogens with two attached hydrogens (primary N) is 1. The van der Waals surface area contributed by atoms with E-state index in [-0.39, 0.29) is 24.0 Å². The number of ether oxygens (including phenoxy) is 1. The van der Waals surface area contributed by atoms with Crippen LogP contribution in [-0.4, -0.2) is 35.8 Å². The minimum absolute atomic E-state index is 0.216. The first-order valence-electron chi connectivity index (χ1n) is 9.29. The molecule has 1 heterocycles. The molecule has 3 atom stereocenters. The fraction of sp³-hybridized carbons (Fsp3) is 0.842. The van der Waals surface area contributed by atoms with Crippen molar-refractivity contribution in [3.8, 4) is 0 Å². The second-order valence-electron chi connectivity index (χ2n) is 8.04. The maximum absolute atomic E-state index is 13.1. The first-order chi connectivity index (χ1) is 11.6. The summed E-state index contributed by atoms with van der Waals surface area (Å²) in [4.78, 5) is 37.4. The lowest BCUT2D eigenvalue weighted by Gasteiger charge is -2.34. The van der Waals surface area contributed by atoms with E-state index < -0.39 is 23.0 Å². The van der Waals surface area contributed by atoms with Gasteiger partial charge >= 0.3 is 5.97 Å². The van der Waals surface area contributed by atoms with Crippen LogP contribution in [0.2, 0.25) is 0 Å². The highest BCUT2D eigenvalue weighted by Crippen LogP contribution is 2.36. The van der Waals surface area contributed by atoms with E-state index in [0.717, 1.165) is 32.1 Å². The maximum atomic E-state index is 13.1. The first kappa shape index (κ1) is 21.6. The molecule has 2 unspecified atom stereocenters. The molecule has 1 saturated heterocycles. The molecule has 0 saturated carbocycles. The summed E-state index contributed by atoms with van der Waals surface area (Å²) in [6.45, 7) is 7.76. The third kappa shape index (κ3) is 5.53. The number of esters is 1. The summed E-state index contributed by atoms with van der Waals surface area (Å²) in [6, 6.07) is 0. The summed E-state index contributed by atoms with van der Waals surface area (Å²) in [5.74, 6) is -2.04. The molecule has 1 aliphatic heterocycles. The SMILES string of the molecule is CCCCCCC(C)C(=O)C(N)(CC(=O)OC)[C@H]1CC(C)(C)NC1=O. The van der Waals surface area contributed by atoms with Crippen molar-refractivity contribution < 1.29 is 19.1 Å². The van der Waals surface area contributed by atoms with Crippen LogP contribution in [0, 0.1) is 11.8 Å². The zero-order valence-electron chi connectivity index (χ0n) is 16.3. The van der Waals surface area contributed by atoms with Crippen LogP contribution >= 0.6 is 0 Å². The highest BCUT2D eigenvalue weighted by atomic mass is 16.5. The predicted octanol–water partition coefficient (Wildman–Crippen LogP) is 2.34. The second kappa shape index (κ2) is 8.79. The molecule has 6 nitrogen and oxygen atoms in total. The molecule has 6 heteroatoms. The Hall–Kier alpha value is -1.43. The number of rotatable bonds is 10. The fourth-order valence-corrected chi connectivity index (χ4v) is 3.65. The van der Waals surface area contributed by atoms with Crippen molar-refractivity contribution in [1.29, 1.82) is 0 Å². The van der Waals surface area contributed by atoms with E-state index in [9.17, 15) is 14.4 Å². The number of amides is 1. The first-order valence-corrected chi connectivity index (χ1v) is 9.29. The molecule has 0 bridgehead atoms. The molecule has 0 aliphatic carbocycles. The van der Waals surface area contributed by atoms with Gasteiger partial charge in [0.15, 0.2) is 5.78 Å². The van der Waals surface area contributed by atoms with Crippen LogP contribution in [0.15, 0.2) is 0 Å². The van der Waals surface area contributed by atoms with E-state index in [4.69, 9.17) is 10.5 Å². The monoisotopic (exact) mass is 354 g/mol. The minimum atomic E-state index is -1.52. The molecule has 144 valence electrons. The third-order valence-corrected chi connectivity index (χ3v) is 5.18. The van der Waals surface area contributed by atoms with Gasteiger partial charge in [-0.3, -0.25) is 14.4 Å². The molecule has 1 amide bonds. The van der Waals surface area contributed by atoms with Crippen LogP contribution in [0.1, 0.15) is 72.6 Å². The Morgan fingerprint density at radius 2 is 2.00 bits per heavy atom. The van der Waals surface area contributed by atoms with Crippen LogP contribution in [-0.2, 0) is 19.1 Å². The number of hydrogen-bond acceptors (Lipinski definition) is 5. The van der Waals surface area contributed by atoms with Gasteiger partial charge in [-0.25, -0.2) is 0 Å². The Morgan fingerprint density at radius 3 is 2.48 bits per heavy atom. The van der Waals surface area contributed by atoms with E-state index in [1.54, 1.807) is 0 Å². The summed E-state index contributed by atoms with van der Waals surface area (Å²) < 4.78 is 4.73. The van der Waals surface area contributed by atoms with Gasteiger partial charge in [-0.2, -0.15) is 0 Å². The number of unbranched alkanes of at least 4 members (excludes halogenated alkanes) is 3. The average molecular weight is 354 g/mol. The van der Waals surface area contributed by atoms with Crippen molar-refractivity contribution in [3.63, 3.8) is 0 Å². The second-order valence-corrected chi connectivity index (χ2v) is 8.04. The minimum Gasteiger partial charge on any atom is -0.469 e. The number of hydrogen-bond donors (Lipinski definition) is 2. The van der Waals surface area contributed by atoms with Gasteiger partial charge in [-0.1, -0.05) is 39.5 Å². The summed E-state index contributed by atoms with van der Waals surface area (Å²) in [5, 5.41) is 2.87. The summed E-state index contributed by atoms with van der Waals surface area (Å²) in [7, 11) is 1.26. The lowest BCUT2D eigenvalue weighted by atomic mass is 9.71. The number of ketones is 1. The van der Waals surface area contributed by atoms with E-state index in [0.29, 0.717) is 6.42 Å². The van der Waals surface area contributed by atoms with Crippen molar-refractivity contribution in [3.05, 3.63) is 0 Å². The van der Waals surface area contributed by atoms with Gasteiger partial charge in [-0.15, -0.1) is 0 Å². The molecular weight excluding hydrogens is 320 g/mol. The van der Waals surface area contributed by atoms with Crippen molar-refractivity contribution in [2.75, 3.05) is 7.11 Å². The zero-order valence-corrected chi connectivity index (χ0v) is 16.3. The molecule has 25 heavy (non-hydrogen) atoms. The largest absolute Gasteiger partial charge is 0.469 e. The number of methoxy groups -OCH3 is 1. The van der Waals surface area contributed by atoms with Crippen molar-refractivity contribution in [1.82, 2.24) is 5.32 Å². The lowest BCUT2D eigenvalue weighted by Crippen LogP contribution is -2.59. The molecule has 0 spiro atoms. The third-order valence-electron chi connectivity index (χ3n) is 5.18. The lowest BCUT2D eigenvalue weighted by molar-refractivity contribution is -0.147. The average Bonchev–Trinajstić information content (AvgIpc) is 2.83. The van der Waals surface area contributed by atoms with Crippen LogP contribution in [0.5, 0.6) is 0 Å². The number of Topliss-reactive ketones (excluding diaryl/α,β-unsaturated/α-hetero) is 1. The molecule has 1 fully saturated rings. The van der Waals surface area contributed by atoms with Crippen molar-refractivity contribution in [2.45, 2.75) is 83.7 Å². The topological polar surface area (TPSA) is 98.5 Å². The molecule has 0 aromatic rings. The van der Waals surface area contributed by atoms with Gasteiger partial charge in [0.05, 0.1) is 25.0 Å². The predicted molar refractivity (Wildman–Crippen MR) is 96.8 cm³/mol. The Balaban J connectivity index is 2.96. The quantitative estimate of drug-likeness (QED) is 0.463.